The van der Waals surface area contributed by atoms with Gasteiger partial charge in [0.15, 0.2) is 0 Å². The Morgan fingerprint density at radius 2 is 2.08 bits per heavy atom. The number of amides is 1. The number of rotatable bonds is 2. The molecule has 1 aliphatic rings. The molecule has 1 fully saturated rings. The monoisotopic (exact) mass is 207 g/mol. The molecule has 6 heteroatoms. The first-order chi connectivity index (χ1) is 5.91. The molecule has 0 spiro atoms. The van der Waals surface area contributed by atoms with Crippen LogP contribution in [0.2, 0.25) is 0 Å². The minimum absolute atomic E-state index is 0.263. The van der Waals surface area contributed by atoms with Crippen molar-refractivity contribution in [2.24, 2.45) is 0 Å². The summed E-state index contributed by atoms with van der Waals surface area (Å²) in [6.07, 6.45) is 1.75. The lowest BCUT2D eigenvalue weighted by Crippen LogP contribution is -2.42. The molecule has 2 N–H and O–H groups in total. The Kier molecular flexibility index (Phi) is 2.92. The van der Waals surface area contributed by atoms with Gasteiger partial charge in [0, 0.05) is 13.0 Å². The first-order valence-electron chi connectivity index (χ1n) is 4.14. The van der Waals surface area contributed by atoms with Crippen molar-refractivity contribution >= 4 is 16.0 Å². The van der Waals surface area contributed by atoms with E-state index in [9.17, 15) is 13.2 Å². The predicted molar refractivity (Wildman–Crippen MR) is 46.8 cm³/mol. The second-order valence-corrected chi connectivity index (χ2v) is 4.93. The van der Waals surface area contributed by atoms with Crippen LogP contribution in [0.4, 0.5) is 0 Å². The van der Waals surface area contributed by atoms with Crippen molar-refractivity contribution < 1.29 is 17.8 Å². The molecule has 0 radical (unpaired) electrons. The van der Waals surface area contributed by atoms with Crippen molar-refractivity contribution in [2.75, 3.05) is 0 Å². The van der Waals surface area contributed by atoms with Gasteiger partial charge in [-0.25, -0.2) is 0 Å². The fraction of sp³-hybridized carbons (Fsp3) is 0.857. The maximum Gasteiger partial charge on any atom is 0.269 e. The normalized spacial score (nSPS) is 28.8. The van der Waals surface area contributed by atoms with E-state index >= 15 is 0 Å². The first kappa shape index (κ1) is 10.5. The van der Waals surface area contributed by atoms with Crippen molar-refractivity contribution in [1.29, 1.82) is 0 Å². The Hall–Kier alpha value is -0.620. The molecule has 76 valence electrons. The summed E-state index contributed by atoms with van der Waals surface area (Å²) in [6.45, 7) is 1.33. The van der Waals surface area contributed by atoms with Crippen LogP contribution in [0.5, 0.6) is 0 Å². The second-order valence-electron chi connectivity index (χ2n) is 3.29. The number of hydrogen-bond acceptors (Lipinski definition) is 3. The lowest BCUT2D eigenvalue weighted by atomic mass is 10.2. The van der Waals surface area contributed by atoms with E-state index in [0.29, 0.717) is 12.8 Å². The van der Waals surface area contributed by atoms with E-state index in [-0.39, 0.29) is 5.91 Å². The van der Waals surface area contributed by atoms with E-state index in [1.165, 1.54) is 6.92 Å². The molecule has 0 aromatic heterocycles. The van der Waals surface area contributed by atoms with Crippen molar-refractivity contribution in [3.8, 4) is 0 Å². The highest BCUT2D eigenvalue weighted by Crippen LogP contribution is 2.24. The smallest absolute Gasteiger partial charge is 0.269 e. The molecule has 0 saturated heterocycles. The Balaban J connectivity index is 2.70. The molecule has 1 amide bonds. The van der Waals surface area contributed by atoms with Crippen LogP contribution in [0.3, 0.4) is 0 Å². The van der Waals surface area contributed by atoms with Gasteiger partial charge in [0.2, 0.25) is 5.91 Å². The first-order valence-corrected chi connectivity index (χ1v) is 5.65. The summed E-state index contributed by atoms with van der Waals surface area (Å²) in [5.74, 6) is -0.263. The van der Waals surface area contributed by atoms with Crippen molar-refractivity contribution in [1.82, 2.24) is 5.32 Å². The Morgan fingerprint density at radius 1 is 1.46 bits per heavy atom. The molecule has 0 heterocycles. The molecule has 0 bridgehead atoms. The van der Waals surface area contributed by atoms with Gasteiger partial charge in [0.25, 0.3) is 10.1 Å². The minimum atomic E-state index is -4.01. The van der Waals surface area contributed by atoms with Crippen molar-refractivity contribution in [2.45, 2.75) is 37.5 Å². The molecule has 1 aliphatic carbocycles. The van der Waals surface area contributed by atoms with Crippen molar-refractivity contribution in [3.05, 3.63) is 0 Å². The molecule has 2 atom stereocenters. The Bertz CT molecular complexity index is 298. The topological polar surface area (TPSA) is 83.5 Å². The van der Waals surface area contributed by atoms with E-state index in [1.807, 2.05) is 0 Å². The zero-order valence-corrected chi connectivity index (χ0v) is 8.17. The van der Waals surface area contributed by atoms with Crippen LogP contribution in [0.25, 0.3) is 0 Å². The Labute approximate surface area is 77.3 Å². The van der Waals surface area contributed by atoms with Crippen LogP contribution in [-0.4, -0.2) is 30.2 Å². The average molecular weight is 207 g/mol. The van der Waals surface area contributed by atoms with Crippen LogP contribution < -0.4 is 5.32 Å². The zero-order valence-electron chi connectivity index (χ0n) is 7.36. The molecule has 0 aromatic rings. The highest BCUT2D eigenvalue weighted by atomic mass is 32.2. The second kappa shape index (κ2) is 3.63. The summed E-state index contributed by atoms with van der Waals surface area (Å²) >= 11 is 0. The van der Waals surface area contributed by atoms with Gasteiger partial charge in [-0.05, 0) is 19.3 Å². The maximum atomic E-state index is 10.8. The lowest BCUT2D eigenvalue weighted by molar-refractivity contribution is -0.119. The largest absolute Gasteiger partial charge is 0.352 e. The molecule has 1 rings (SSSR count). The lowest BCUT2D eigenvalue weighted by Gasteiger charge is -2.16. The third-order valence-electron chi connectivity index (χ3n) is 2.22. The van der Waals surface area contributed by atoms with Gasteiger partial charge >= 0.3 is 0 Å². The van der Waals surface area contributed by atoms with Gasteiger partial charge in [0.05, 0.1) is 0 Å². The predicted octanol–water partition coefficient (Wildman–Crippen LogP) is -0.0686. The van der Waals surface area contributed by atoms with Gasteiger partial charge in [-0.15, -0.1) is 0 Å². The molecule has 13 heavy (non-hydrogen) atoms. The van der Waals surface area contributed by atoms with Crippen LogP contribution in [0.1, 0.15) is 26.2 Å². The van der Waals surface area contributed by atoms with E-state index < -0.39 is 21.4 Å². The highest BCUT2D eigenvalue weighted by Gasteiger charge is 2.36. The number of carbonyl (C=O) groups excluding carboxylic acids is 1. The third-order valence-corrected chi connectivity index (χ3v) is 3.55. The number of nitrogens with one attached hydrogen (secondary N) is 1. The molecule has 0 aromatic carbocycles. The number of carbonyl (C=O) groups is 1. The van der Waals surface area contributed by atoms with Gasteiger partial charge in [0.1, 0.15) is 5.25 Å². The quantitative estimate of drug-likeness (QED) is 0.621. The summed E-state index contributed by atoms with van der Waals surface area (Å²) < 4.78 is 30.5. The van der Waals surface area contributed by atoms with Crippen LogP contribution in [-0.2, 0) is 14.9 Å². The fourth-order valence-electron chi connectivity index (χ4n) is 1.71. The standard InChI is InChI=1S/C7H13NO4S/c1-5(9)8-6-3-2-4-7(6)13(10,11)12/h6-7H,2-4H2,1H3,(H,8,9)(H,10,11,12)/t6-,7-/m1/s1. The van der Waals surface area contributed by atoms with Crippen molar-refractivity contribution in [3.63, 3.8) is 0 Å². The van der Waals surface area contributed by atoms with E-state index in [2.05, 4.69) is 5.32 Å². The summed E-state index contributed by atoms with van der Waals surface area (Å²) in [5, 5.41) is 1.70. The molecule has 1 saturated carbocycles. The van der Waals surface area contributed by atoms with Gasteiger partial charge in [-0.3, -0.25) is 9.35 Å². The van der Waals surface area contributed by atoms with E-state index in [0.717, 1.165) is 6.42 Å². The SMILES string of the molecule is CC(=O)N[C@@H]1CCC[C@H]1S(=O)(=O)O. The fourth-order valence-corrected chi connectivity index (χ4v) is 2.79. The van der Waals surface area contributed by atoms with Crippen LogP contribution in [0.15, 0.2) is 0 Å². The zero-order chi connectivity index (χ0) is 10.1. The summed E-state index contributed by atoms with van der Waals surface area (Å²) in [7, 11) is -4.01. The summed E-state index contributed by atoms with van der Waals surface area (Å²) in [4.78, 5) is 10.7. The van der Waals surface area contributed by atoms with Crippen LogP contribution >= 0.6 is 0 Å². The van der Waals surface area contributed by atoms with Gasteiger partial charge in [-0.2, -0.15) is 8.42 Å². The highest BCUT2D eigenvalue weighted by molar-refractivity contribution is 7.86. The van der Waals surface area contributed by atoms with Crippen LogP contribution in [0, 0.1) is 0 Å². The minimum Gasteiger partial charge on any atom is -0.352 e. The third kappa shape index (κ3) is 2.67. The van der Waals surface area contributed by atoms with Gasteiger partial charge in [-0.1, -0.05) is 0 Å². The molecule has 5 nitrogen and oxygen atoms in total. The molecule has 0 aliphatic heterocycles. The Morgan fingerprint density at radius 3 is 2.54 bits per heavy atom. The summed E-state index contributed by atoms with van der Waals surface area (Å²) in [6, 6.07) is -0.424. The number of hydrogen-bond donors (Lipinski definition) is 2. The summed E-state index contributed by atoms with van der Waals surface area (Å²) in [5.41, 5.74) is 0. The molecule has 0 unspecified atom stereocenters. The maximum absolute atomic E-state index is 10.8. The average Bonchev–Trinajstić information content (AvgIpc) is 2.31. The molecular formula is C7H13NO4S. The van der Waals surface area contributed by atoms with E-state index in [4.69, 9.17) is 4.55 Å². The van der Waals surface area contributed by atoms with E-state index in [1.54, 1.807) is 0 Å². The van der Waals surface area contributed by atoms with Gasteiger partial charge < -0.3 is 5.32 Å². The molecular weight excluding hydrogens is 194 g/mol.